The van der Waals surface area contributed by atoms with E-state index in [1.807, 2.05) is 57.0 Å². The maximum absolute atomic E-state index is 12.7. The Morgan fingerprint density at radius 2 is 2.00 bits per heavy atom. The van der Waals surface area contributed by atoms with Crippen LogP contribution in [0.1, 0.15) is 24.5 Å². The third kappa shape index (κ3) is 6.43. The molecule has 1 aromatic rings. The molecule has 0 heterocycles. The highest BCUT2D eigenvalue weighted by Gasteiger charge is 2.36. The minimum Gasteiger partial charge on any atom is -0.366 e. The summed E-state index contributed by atoms with van der Waals surface area (Å²) in [5.74, 6) is 0. The second-order valence-corrected chi connectivity index (χ2v) is 7.87. The van der Waals surface area contributed by atoms with Crippen molar-refractivity contribution in [2.75, 3.05) is 20.2 Å². The summed E-state index contributed by atoms with van der Waals surface area (Å²) in [6, 6.07) is 3.92. The number of hydrogen-bond donors (Lipinski definition) is 0. The van der Waals surface area contributed by atoms with Crippen LogP contribution in [0.5, 0.6) is 0 Å². The lowest BCUT2D eigenvalue weighted by Crippen LogP contribution is -2.32. The van der Waals surface area contributed by atoms with Gasteiger partial charge in [0.2, 0.25) is 0 Å². The SMILES string of the molecule is CCN(C)C=Nc1cc(C)c(SC2(OCC(F)(F)F)C=CC=CC2)cc1C. The standard InChI is InChI=1S/C20H25F3N2OS/c1-5-25(4)14-24-17-11-16(3)18(12-15(17)2)27-19(9-7-6-8-10-19)26-13-20(21,22)23/h6-9,11-12,14H,5,10,13H2,1-4H3. The van der Waals surface area contributed by atoms with Crippen LogP contribution in [0.3, 0.4) is 0 Å². The molecule has 0 radical (unpaired) electrons. The molecule has 148 valence electrons. The smallest absolute Gasteiger partial charge is 0.366 e. The molecule has 0 saturated heterocycles. The van der Waals surface area contributed by atoms with Crippen LogP contribution < -0.4 is 0 Å². The molecule has 0 saturated carbocycles. The number of benzene rings is 1. The van der Waals surface area contributed by atoms with Gasteiger partial charge >= 0.3 is 6.18 Å². The fraction of sp³-hybridized carbons (Fsp3) is 0.450. The van der Waals surface area contributed by atoms with Crippen LogP contribution in [0.2, 0.25) is 0 Å². The summed E-state index contributed by atoms with van der Waals surface area (Å²) in [5, 5.41) is 0. The van der Waals surface area contributed by atoms with Crippen LogP contribution >= 0.6 is 11.8 Å². The van der Waals surface area contributed by atoms with Crippen LogP contribution in [0.25, 0.3) is 0 Å². The molecule has 7 heteroatoms. The first-order chi connectivity index (χ1) is 12.6. The first-order valence-electron chi connectivity index (χ1n) is 8.74. The fourth-order valence-electron chi connectivity index (χ4n) is 2.45. The van der Waals surface area contributed by atoms with Gasteiger partial charge in [-0.3, -0.25) is 0 Å². The molecule has 1 aromatic carbocycles. The number of aliphatic imine (C=N–C) groups is 1. The molecule has 0 fully saturated rings. The van der Waals surface area contributed by atoms with E-state index in [1.165, 1.54) is 11.8 Å². The van der Waals surface area contributed by atoms with E-state index in [1.54, 1.807) is 18.5 Å². The van der Waals surface area contributed by atoms with Crippen molar-refractivity contribution in [1.29, 1.82) is 0 Å². The Labute approximate surface area is 163 Å². The van der Waals surface area contributed by atoms with Gasteiger partial charge in [-0.25, -0.2) is 4.99 Å². The van der Waals surface area contributed by atoms with Gasteiger partial charge in [-0.05, 0) is 50.1 Å². The predicted molar refractivity (Wildman–Crippen MR) is 106 cm³/mol. The Hall–Kier alpha value is -1.73. The number of halogens is 3. The number of alkyl halides is 3. The molecule has 0 spiro atoms. The largest absolute Gasteiger partial charge is 0.411 e. The van der Waals surface area contributed by atoms with Gasteiger partial charge in [0, 0.05) is 24.9 Å². The topological polar surface area (TPSA) is 24.8 Å². The van der Waals surface area contributed by atoms with E-state index < -0.39 is 17.7 Å². The van der Waals surface area contributed by atoms with Crippen molar-refractivity contribution in [2.45, 2.75) is 43.2 Å². The number of hydrogen-bond acceptors (Lipinski definition) is 3. The summed E-state index contributed by atoms with van der Waals surface area (Å²) in [4.78, 5) is 6.29. The summed E-state index contributed by atoms with van der Waals surface area (Å²) in [5.41, 5.74) is 2.77. The molecule has 0 aromatic heterocycles. The van der Waals surface area contributed by atoms with Crippen LogP contribution in [-0.4, -0.2) is 42.5 Å². The summed E-state index contributed by atoms with van der Waals surface area (Å²) in [6.07, 6.45) is 4.86. The van der Waals surface area contributed by atoms with Crippen molar-refractivity contribution in [3.05, 3.63) is 47.6 Å². The molecule has 0 aliphatic heterocycles. The van der Waals surface area contributed by atoms with E-state index in [0.717, 1.165) is 28.3 Å². The number of thioether (sulfide) groups is 1. The Bertz CT molecular complexity index is 743. The normalized spacial score (nSPS) is 19.8. The Morgan fingerprint density at radius 1 is 1.26 bits per heavy atom. The number of nitrogens with zero attached hydrogens (tertiary/aromatic N) is 2. The summed E-state index contributed by atoms with van der Waals surface area (Å²) in [7, 11) is 1.95. The molecule has 3 nitrogen and oxygen atoms in total. The highest BCUT2D eigenvalue weighted by molar-refractivity contribution is 8.00. The molecule has 2 rings (SSSR count). The molecular weight excluding hydrogens is 373 g/mol. The maximum atomic E-state index is 12.7. The molecule has 1 unspecified atom stereocenters. The maximum Gasteiger partial charge on any atom is 0.411 e. The zero-order valence-electron chi connectivity index (χ0n) is 16.0. The summed E-state index contributed by atoms with van der Waals surface area (Å²) in [6.45, 7) is 5.50. The van der Waals surface area contributed by atoms with Gasteiger partial charge in [0.15, 0.2) is 0 Å². The van der Waals surface area contributed by atoms with Gasteiger partial charge < -0.3 is 9.64 Å². The molecule has 0 amide bonds. The number of aryl methyl sites for hydroxylation is 2. The van der Waals surface area contributed by atoms with Gasteiger partial charge in [0.25, 0.3) is 0 Å². The van der Waals surface area contributed by atoms with Gasteiger partial charge in [0.05, 0.1) is 12.0 Å². The molecule has 0 N–H and O–H groups in total. The number of allylic oxidation sites excluding steroid dienone is 2. The highest BCUT2D eigenvalue weighted by Crippen LogP contribution is 2.43. The van der Waals surface area contributed by atoms with E-state index in [2.05, 4.69) is 4.99 Å². The minimum atomic E-state index is -4.36. The molecule has 27 heavy (non-hydrogen) atoms. The van der Waals surface area contributed by atoms with Crippen LogP contribution in [0.4, 0.5) is 18.9 Å². The average Bonchev–Trinajstić information content (AvgIpc) is 2.61. The van der Waals surface area contributed by atoms with Crippen molar-refractivity contribution >= 4 is 23.8 Å². The van der Waals surface area contributed by atoms with Crippen molar-refractivity contribution in [3.8, 4) is 0 Å². The van der Waals surface area contributed by atoms with Crippen molar-refractivity contribution < 1.29 is 17.9 Å². The minimum absolute atomic E-state index is 0.379. The monoisotopic (exact) mass is 398 g/mol. The molecular formula is C20H25F3N2OS. The lowest BCUT2D eigenvalue weighted by Gasteiger charge is -2.32. The van der Waals surface area contributed by atoms with Gasteiger partial charge in [-0.2, -0.15) is 13.2 Å². The zero-order valence-corrected chi connectivity index (χ0v) is 16.8. The molecule has 0 bridgehead atoms. The quantitative estimate of drug-likeness (QED) is 0.330. The lowest BCUT2D eigenvalue weighted by molar-refractivity contribution is -0.184. The van der Waals surface area contributed by atoms with Crippen molar-refractivity contribution in [2.24, 2.45) is 4.99 Å². The van der Waals surface area contributed by atoms with Gasteiger partial charge in [-0.1, -0.05) is 30.0 Å². The van der Waals surface area contributed by atoms with Crippen molar-refractivity contribution in [1.82, 2.24) is 4.90 Å². The van der Waals surface area contributed by atoms with Crippen LogP contribution in [-0.2, 0) is 4.74 Å². The molecule has 1 atom stereocenters. The van der Waals surface area contributed by atoms with E-state index >= 15 is 0 Å². The zero-order chi connectivity index (χ0) is 20.1. The van der Waals surface area contributed by atoms with Crippen LogP contribution in [0, 0.1) is 13.8 Å². The van der Waals surface area contributed by atoms with E-state index in [0.29, 0.717) is 6.42 Å². The van der Waals surface area contributed by atoms with E-state index in [4.69, 9.17) is 4.74 Å². The Kier molecular flexibility index (Phi) is 7.17. The van der Waals surface area contributed by atoms with Crippen LogP contribution in [0.15, 0.2) is 46.3 Å². The predicted octanol–water partition coefficient (Wildman–Crippen LogP) is 5.80. The van der Waals surface area contributed by atoms with Crippen molar-refractivity contribution in [3.63, 3.8) is 0 Å². The first-order valence-corrected chi connectivity index (χ1v) is 9.55. The first kappa shape index (κ1) is 21.6. The number of ether oxygens (including phenoxy) is 1. The summed E-state index contributed by atoms with van der Waals surface area (Å²) < 4.78 is 43.4. The molecule has 1 aliphatic carbocycles. The number of rotatable bonds is 7. The molecule has 1 aliphatic rings. The Balaban J connectivity index is 2.25. The van der Waals surface area contributed by atoms with E-state index in [9.17, 15) is 13.2 Å². The fourth-order valence-corrected chi connectivity index (χ4v) is 3.72. The average molecular weight is 398 g/mol. The third-order valence-electron chi connectivity index (χ3n) is 4.15. The lowest BCUT2D eigenvalue weighted by atomic mass is 10.1. The van der Waals surface area contributed by atoms with E-state index in [-0.39, 0.29) is 0 Å². The second-order valence-electron chi connectivity index (χ2n) is 6.53. The third-order valence-corrected chi connectivity index (χ3v) is 5.57. The highest BCUT2D eigenvalue weighted by atomic mass is 32.2. The van der Waals surface area contributed by atoms with Gasteiger partial charge in [-0.15, -0.1) is 0 Å². The van der Waals surface area contributed by atoms with Gasteiger partial charge in [0.1, 0.15) is 11.5 Å². The second kappa shape index (κ2) is 8.97. The Morgan fingerprint density at radius 3 is 2.59 bits per heavy atom. The summed E-state index contributed by atoms with van der Waals surface area (Å²) >= 11 is 1.31.